The van der Waals surface area contributed by atoms with Crippen LogP contribution in [0, 0.1) is 0 Å². The third kappa shape index (κ3) is 3.73. The Kier molecular flexibility index (Phi) is 6.10. The van der Waals surface area contributed by atoms with Crippen molar-refractivity contribution in [2.75, 3.05) is 14.2 Å². The highest BCUT2D eigenvalue weighted by Gasteiger charge is 2.48. The molecule has 2 aromatic carbocycles. The first-order chi connectivity index (χ1) is 14.1. The normalized spacial score (nSPS) is 25.7. The van der Waals surface area contributed by atoms with Crippen molar-refractivity contribution in [2.24, 2.45) is 0 Å². The number of hydrogen-bond donors (Lipinski definition) is 0. The summed E-state index contributed by atoms with van der Waals surface area (Å²) in [7, 11) is 3.93. The molecule has 0 spiro atoms. The lowest BCUT2D eigenvalue weighted by Gasteiger charge is -2.42. The number of aromatic nitrogens is 1. The zero-order valence-electron chi connectivity index (χ0n) is 17.1. The molecule has 0 aliphatic carbocycles. The van der Waals surface area contributed by atoms with Crippen molar-refractivity contribution in [3.63, 3.8) is 0 Å². The lowest BCUT2D eigenvalue weighted by molar-refractivity contribution is 0.122. The lowest BCUT2D eigenvalue weighted by Crippen LogP contribution is -2.44. The van der Waals surface area contributed by atoms with Crippen molar-refractivity contribution in [3.05, 3.63) is 70.9 Å². The first-order valence-corrected chi connectivity index (χ1v) is 10.6. The third-order valence-electron chi connectivity index (χ3n) is 6.81. The molecule has 158 valence electrons. The van der Waals surface area contributed by atoms with E-state index in [4.69, 9.17) is 20.9 Å². The molecule has 2 aliphatic rings. The van der Waals surface area contributed by atoms with Gasteiger partial charge in [-0.15, -0.1) is 12.4 Å². The summed E-state index contributed by atoms with van der Waals surface area (Å²) in [4.78, 5) is 2.55. The van der Waals surface area contributed by atoms with Crippen LogP contribution < -0.4 is 4.74 Å². The van der Waals surface area contributed by atoms with E-state index in [1.54, 1.807) is 7.11 Å². The number of rotatable bonds is 4. The number of likely N-dealkylation sites (N-methyl/N-ethyl adjacent to an activating group) is 1. The van der Waals surface area contributed by atoms with E-state index in [0.29, 0.717) is 23.9 Å². The van der Waals surface area contributed by atoms with E-state index in [-0.39, 0.29) is 12.4 Å². The highest BCUT2D eigenvalue weighted by Crippen LogP contribution is 2.51. The van der Waals surface area contributed by atoms with Gasteiger partial charge in [0.05, 0.1) is 7.11 Å². The number of hydrogen-bond acceptors (Lipinski definition) is 4. The summed E-state index contributed by atoms with van der Waals surface area (Å²) in [5, 5.41) is 5.19. The monoisotopic (exact) mass is 444 g/mol. The van der Waals surface area contributed by atoms with Crippen molar-refractivity contribution in [3.8, 4) is 17.0 Å². The molecule has 2 bridgehead atoms. The summed E-state index contributed by atoms with van der Waals surface area (Å²) in [6.45, 7) is 0. The minimum atomic E-state index is 0. The maximum absolute atomic E-state index is 6.14. The molecule has 30 heavy (non-hydrogen) atoms. The second-order valence-electron chi connectivity index (χ2n) is 8.23. The van der Waals surface area contributed by atoms with Gasteiger partial charge >= 0.3 is 0 Å². The molecule has 3 aromatic rings. The summed E-state index contributed by atoms with van der Waals surface area (Å²) >= 11 is 6.14. The molecule has 0 saturated carbocycles. The third-order valence-corrected chi connectivity index (χ3v) is 7.06. The fourth-order valence-corrected chi connectivity index (χ4v) is 5.38. The molecule has 0 amide bonds. The quantitative estimate of drug-likeness (QED) is 0.482. The molecule has 2 saturated heterocycles. The summed E-state index contributed by atoms with van der Waals surface area (Å²) in [5.41, 5.74) is 3.25. The Morgan fingerprint density at radius 2 is 1.80 bits per heavy atom. The van der Waals surface area contributed by atoms with Gasteiger partial charge in [-0.2, -0.15) is 0 Å². The maximum Gasteiger partial charge on any atom is 0.142 e. The summed E-state index contributed by atoms with van der Waals surface area (Å²) < 4.78 is 11.2. The molecule has 6 heteroatoms. The average Bonchev–Trinajstić information content (AvgIpc) is 3.31. The van der Waals surface area contributed by atoms with E-state index >= 15 is 0 Å². The van der Waals surface area contributed by atoms with Gasteiger partial charge in [-0.05, 0) is 74.2 Å². The Balaban J connectivity index is 0.00000218. The van der Waals surface area contributed by atoms with E-state index in [9.17, 15) is 0 Å². The Morgan fingerprint density at radius 3 is 2.50 bits per heavy atom. The molecule has 2 aliphatic heterocycles. The van der Waals surface area contributed by atoms with Crippen molar-refractivity contribution in [1.29, 1.82) is 0 Å². The van der Waals surface area contributed by atoms with Crippen LogP contribution in [0.5, 0.6) is 5.75 Å². The average molecular weight is 445 g/mol. The van der Waals surface area contributed by atoms with Crippen LogP contribution in [-0.4, -0.2) is 36.3 Å². The van der Waals surface area contributed by atoms with Crippen LogP contribution >= 0.6 is 24.0 Å². The highest BCUT2D eigenvalue weighted by atomic mass is 35.5. The number of halogens is 2. The number of piperidine rings is 1. The molecule has 2 fully saturated rings. The maximum atomic E-state index is 6.14. The van der Waals surface area contributed by atoms with Gasteiger partial charge in [-0.25, -0.2) is 0 Å². The molecule has 0 N–H and O–H groups in total. The fourth-order valence-electron chi connectivity index (χ4n) is 5.25. The zero-order valence-corrected chi connectivity index (χ0v) is 18.7. The van der Waals surface area contributed by atoms with E-state index in [0.717, 1.165) is 34.2 Å². The van der Waals surface area contributed by atoms with Gasteiger partial charge in [0.1, 0.15) is 17.2 Å². The number of methoxy groups -OCH3 is 1. The highest BCUT2D eigenvalue weighted by molar-refractivity contribution is 6.30. The first kappa shape index (κ1) is 21.2. The number of fused-ring (bicyclic) bond motifs is 2. The van der Waals surface area contributed by atoms with Crippen LogP contribution in [-0.2, 0) is 0 Å². The molecule has 1 aromatic heterocycles. The summed E-state index contributed by atoms with van der Waals surface area (Å²) in [5.74, 6) is 2.52. The smallest absolute Gasteiger partial charge is 0.142 e. The predicted octanol–water partition coefficient (Wildman–Crippen LogP) is 6.16. The van der Waals surface area contributed by atoms with Crippen molar-refractivity contribution in [1.82, 2.24) is 10.1 Å². The molecule has 4 nitrogen and oxygen atoms in total. The standard InChI is InChI=1S/C24H25ClN2O2.ClH/c1-27-18-9-12-22(27)24(20(13-18)15-3-7-17(25)8-4-15)23-14-21(26-29-23)16-5-10-19(28-2)11-6-16;/h3-8,10-11,14,18,20,22,24H,9,12-13H2,1-2H3;1H/t18-,20-,22?,24+;/m1./s1. The zero-order chi connectivity index (χ0) is 20.0. The Morgan fingerprint density at radius 1 is 1.07 bits per heavy atom. The van der Waals surface area contributed by atoms with Crippen molar-refractivity contribution < 1.29 is 9.26 Å². The van der Waals surface area contributed by atoms with E-state index in [2.05, 4.69) is 35.3 Å². The molecule has 0 radical (unpaired) electrons. The Hall–Kier alpha value is -2.01. The Labute approximate surface area is 188 Å². The van der Waals surface area contributed by atoms with E-state index < -0.39 is 0 Å². The van der Waals surface area contributed by atoms with E-state index in [1.807, 2.05) is 36.4 Å². The van der Waals surface area contributed by atoms with Crippen molar-refractivity contribution >= 4 is 24.0 Å². The Bertz CT molecular complexity index is 987. The second-order valence-corrected chi connectivity index (χ2v) is 8.66. The molecule has 1 unspecified atom stereocenters. The molecular weight excluding hydrogens is 419 g/mol. The van der Waals surface area contributed by atoms with Gasteiger partial charge in [0.25, 0.3) is 0 Å². The van der Waals surface area contributed by atoms with Gasteiger partial charge in [0, 0.05) is 34.7 Å². The van der Waals surface area contributed by atoms with Crippen LogP contribution in [0.4, 0.5) is 0 Å². The number of nitrogens with zero attached hydrogens (tertiary/aromatic N) is 2. The van der Waals surface area contributed by atoms with Crippen LogP contribution in [0.1, 0.15) is 42.4 Å². The summed E-state index contributed by atoms with van der Waals surface area (Å²) in [6, 6.07) is 19.5. The minimum absolute atomic E-state index is 0. The molecular formula is C24H26Cl2N2O2. The van der Waals surface area contributed by atoms with E-state index in [1.165, 1.54) is 18.4 Å². The van der Waals surface area contributed by atoms with Gasteiger partial charge in [-0.3, -0.25) is 4.90 Å². The lowest BCUT2D eigenvalue weighted by atomic mass is 9.75. The van der Waals surface area contributed by atoms with Crippen LogP contribution in [0.2, 0.25) is 5.02 Å². The number of benzene rings is 2. The van der Waals surface area contributed by atoms with Gasteiger partial charge < -0.3 is 9.26 Å². The van der Waals surface area contributed by atoms with Gasteiger partial charge in [0.15, 0.2) is 0 Å². The fraction of sp³-hybridized carbons (Fsp3) is 0.375. The molecule has 5 rings (SSSR count). The van der Waals surface area contributed by atoms with Gasteiger partial charge in [0.2, 0.25) is 0 Å². The van der Waals surface area contributed by atoms with Crippen LogP contribution in [0.25, 0.3) is 11.3 Å². The van der Waals surface area contributed by atoms with Gasteiger partial charge in [-0.1, -0.05) is 28.9 Å². The van der Waals surface area contributed by atoms with Crippen LogP contribution in [0.15, 0.2) is 59.1 Å². The summed E-state index contributed by atoms with van der Waals surface area (Å²) in [6.07, 6.45) is 3.59. The topological polar surface area (TPSA) is 38.5 Å². The van der Waals surface area contributed by atoms with Crippen molar-refractivity contribution in [2.45, 2.75) is 43.2 Å². The minimum Gasteiger partial charge on any atom is -0.497 e. The first-order valence-electron chi connectivity index (χ1n) is 10.2. The predicted molar refractivity (Wildman–Crippen MR) is 122 cm³/mol. The SMILES string of the molecule is COc1ccc(-c2cc([C@@H]3C4CC[C@H](C[C@@H]3c3ccc(Cl)cc3)N4C)on2)cc1.Cl. The number of ether oxygens (including phenoxy) is 1. The largest absolute Gasteiger partial charge is 0.497 e. The molecule has 3 heterocycles. The van der Waals surface area contributed by atoms with Crippen LogP contribution in [0.3, 0.4) is 0 Å². The second kappa shape index (κ2) is 8.62. The molecule has 4 atom stereocenters.